The van der Waals surface area contributed by atoms with Gasteiger partial charge in [0.1, 0.15) is 18.1 Å². The number of carbonyl (C=O) groups excluding carboxylic acids is 3. The molecule has 0 spiro atoms. The van der Waals surface area contributed by atoms with Crippen LogP contribution >= 0.6 is 0 Å². The number of hydrogen-bond donors (Lipinski definition) is 9. The smallest absolute Gasteiger partial charge is 0.328 e. The number of rotatable bonds is 16. The minimum absolute atomic E-state index is 0.284. The van der Waals surface area contributed by atoms with Gasteiger partial charge >= 0.3 is 11.9 Å². The summed E-state index contributed by atoms with van der Waals surface area (Å²) >= 11 is 0. The lowest BCUT2D eigenvalue weighted by Gasteiger charge is -2.26. The molecule has 0 heterocycles. The number of aliphatic hydroxyl groups excluding tert-OH is 2. The summed E-state index contributed by atoms with van der Waals surface area (Å²) < 4.78 is 0. The molecule has 0 aromatic rings. The van der Waals surface area contributed by atoms with E-state index in [2.05, 4.69) is 10.6 Å². The molecule has 0 saturated carbocycles. The van der Waals surface area contributed by atoms with E-state index < -0.39 is 73.0 Å². The lowest BCUT2D eigenvalue weighted by molar-refractivity contribution is -0.144. The van der Waals surface area contributed by atoms with Gasteiger partial charge in [-0.2, -0.15) is 0 Å². The second-order valence-corrected chi connectivity index (χ2v) is 7.19. The molecule has 0 bridgehead atoms. The summed E-state index contributed by atoms with van der Waals surface area (Å²) in [5.41, 5.74) is 11.2. The van der Waals surface area contributed by atoms with Gasteiger partial charge in [0.15, 0.2) is 0 Å². The Morgan fingerprint density at radius 3 is 1.94 bits per heavy atom. The first-order valence-corrected chi connectivity index (χ1v) is 10.0. The van der Waals surface area contributed by atoms with E-state index >= 15 is 0 Å². The van der Waals surface area contributed by atoms with E-state index in [1.807, 2.05) is 5.32 Å². The first-order valence-electron chi connectivity index (χ1n) is 10.0. The predicted molar refractivity (Wildman–Crippen MR) is 110 cm³/mol. The molecule has 0 radical (unpaired) electrons. The highest BCUT2D eigenvalue weighted by atomic mass is 16.4. The molecule has 0 aromatic heterocycles. The Morgan fingerprint density at radius 1 is 0.875 bits per heavy atom. The van der Waals surface area contributed by atoms with E-state index in [0.29, 0.717) is 19.4 Å². The summed E-state index contributed by atoms with van der Waals surface area (Å²) in [7, 11) is 0. The molecule has 184 valence electrons. The van der Waals surface area contributed by atoms with E-state index in [1.54, 1.807) is 0 Å². The SMILES string of the molecule is C[C@@H](O)[C@H](NC(=O)[C@H](CCC(=O)O)NC(=O)[C@@H](N)CCCCN)C(=O)N[C@@H](CO)C(=O)O. The number of nitrogens with two attached hydrogens (primary N) is 2. The topological polar surface area (TPSA) is 254 Å². The molecule has 5 atom stereocenters. The van der Waals surface area contributed by atoms with Crippen LogP contribution in [0.15, 0.2) is 0 Å². The van der Waals surface area contributed by atoms with Crippen molar-refractivity contribution >= 4 is 29.7 Å². The fourth-order valence-corrected chi connectivity index (χ4v) is 2.56. The highest BCUT2D eigenvalue weighted by molar-refractivity contribution is 5.94. The third-order valence-electron chi connectivity index (χ3n) is 4.45. The molecule has 0 unspecified atom stereocenters. The Bertz CT molecular complexity index is 659. The summed E-state index contributed by atoms with van der Waals surface area (Å²) in [6.07, 6.45) is -0.811. The third kappa shape index (κ3) is 11.0. The molecule has 3 amide bonds. The molecule has 14 nitrogen and oxygen atoms in total. The van der Waals surface area contributed by atoms with Crippen molar-refractivity contribution in [1.82, 2.24) is 16.0 Å². The van der Waals surface area contributed by atoms with Crippen LogP contribution in [0, 0.1) is 0 Å². The van der Waals surface area contributed by atoms with Crippen LogP contribution in [0.4, 0.5) is 0 Å². The van der Waals surface area contributed by atoms with E-state index in [4.69, 9.17) is 26.8 Å². The van der Waals surface area contributed by atoms with Crippen LogP contribution < -0.4 is 27.4 Å². The van der Waals surface area contributed by atoms with Gasteiger partial charge in [0.2, 0.25) is 17.7 Å². The summed E-state index contributed by atoms with van der Waals surface area (Å²) in [5, 5.41) is 43.1. The van der Waals surface area contributed by atoms with Gasteiger partial charge in [0.05, 0.1) is 18.8 Å². The fourth-order valence-electron chi connectivity index (χ4n) is 2.56. The maximum atomic E-state index is 12.6. The zero-order valence-electron chi connectivity index (χ0n) is 17.8. The molecule has 0 saturated heterocycles. The maximum Gasteiger partial charge on any atom is 0.328 e. The first kappa shape index (κ1) is 29.2. The average Bonchev–Trinajstić information content (AvgIpc) is 2.71. The van der Waals surface area contributed by atoms with Crippen molar-refractivity contribution < 1.29 is 44.4 Å². The highest BCUT2D eigenvalue weighted by Crippen LogP contribution is 2.04. The standard InChI is InChI=1S/C18H33N5O9/c1-9(25)14(17(30)22-12(8-24)18(31)32)23-16(29)11(5-6-13(26)27)21-15(28)10(20)4-2-3-7-19/h9-12,14,24-25H,2-8,19-20H2,1H3,(H,21,28)(H,22,30)(H,23,29)(H,26,27)(H,31,32)/t9-,10+,11+,12+,14+/m1/s1. The number of carbonyl (C=O) groups is 5. The number of amides is 3. The Morgan fingerprint density at radius 2 is 1.47 bits per heavy atom. The van der Waals surface area contributed by atoms with Crippen molar-refractivity contribution in [2.45, 2.75) is 69.3 Å². The molecule has 32 heavy (non-hydrogen) atoms. The molecule has 14 heteroatoms. The van der Waals surface area contributed by atoms with Crippen molar-refractivity contribution in [3.05, 3.63) is 0 Å². The lowest BCUT2D eigenvalue weighted by Crippen LogP contribution is -2.60. The number of aliphatic hydroxyl groups is 2. The first-order chi connectivity index (χ1) is 14.9. The van der Waals surface area contributed by atoms with E-state index in [1.165, 1.54) is 0 Å². The zero-order valence-corrected chi connectivity index (χ0v) is 17.8. The average molecular weight is 463 g/mol. The van der Waals surface area contributed by atoms with Crippen molar-refractivity contribution in [1.29, 1.82) is 0 Å². The minimum atomic E-state index is -1.67. The molecule has 11 N–H and O–H groups in total. The van der Waals surface area contributed by atoms with Gasteiger partial charge in [-0.3, -0.25) is 19.2 Å². The van der Waals surface area contributed by atoms with Crippen molar-refractivity contribution in [3.63, 3.8) is 0 Å². The van der Waals surface area contributed by atoms with E-state index in [9.17, 15) is 29.1 Å². The molecule has 0 aliphatic rings. The van der Waals surface area contributed by atoms with Crippen LogP contribution in [0.3, 0.4) is 0 Å². The van der Waals surface area contributed by atoms with Gasteiger partial charge in [0.25, 0.3) is 0 Å². The monoisotopic (exact) mass is 463 g/mol. The van der Waals surface area contributed by atoms with Crippen LogP contribution in [0.5, 0.6) is 0 Å². The maximum absolute atomic E-state index is 12.6. The third-order valence-corrected chi connectivity index (χ3v) is 4.45. The number of carboxylic acid groups (broad SMARTS) is 2. The molecule has 0 rings (SSSR count). The van der Waals surface area contributed by atoms with Crippen molar-refractivity contribution in [3.8, 4) is 0 Å². The van der Waals surface area contributed by atoms with Gasteiger partial charge < -0.3 is 47.8 Å². The molecule has 0 aliphatic heterocycles. The summed E-state index contributed by atoms with van der Waals surface area (Å²) in [6, 6.07) is -5.67. The fraction of sp³-hybridized carbons (Fsp3) is 0.722. The van der Waals surface area contributed by atoms with E-state index in [0.717, 1.165) is 6.92 Å². The molecule has 0 aromatic carbocycles. The second-order valence-electron chi connectivity index (χ2n) is 7.19. The predicted octanol–water partition coefficient (Wildman–Crippen LogP) is -3.78. The number of hydrogen-bond acceptors (Lipinski definition) is 9. The highest BCUT2D eigenvalue weighted by Gasteiger charge is 2.32. The largest absolute Gasteiger partial charge is 0.481 e. The molecular formula is C18H33N5O9. The van der Waals surface area contributed by atoms with Gasteiger partial charge in [-0.25, -0.2) is 4.79 Å². The summed E-state index contributed by atoms with van der Waals surface area (Å²) in [4.78, 5) is 59.1. The Labute approximate surface area is 184 Å². The number of unbranched alkanes of at least 4 members (excludes halogenated alkanes) is 1. The Hall–Kier alpha value is -2.81. The van der Waals surface area contributed by atoms with Gasteiger partial charge in [-0.05, 0) is 32.7 Å². The summed E-state index contributed by atoms with van der Waals surface area (Å²) in [5.74, 6) is -5.56. The van der Waals surface area contributed by atoms with Crippen LogP contribution in [-0.4, -0.2) is 93.5 Å². The van der Waals surface area contributed by atoms with Crippen molar-refractivity contribution in [2.24, 2.45) is 11.5 Å². The summed E-state index contributed by atoms with van der Waals surface area (Å²) in [6.45, 7) is 0.637. The Balaban J connectivity index is 5.32. The number of aliphatic carboxylic acids is 2. The van der Waals surface area contributed by atoms with Gasteiger partial charge in [0, 0.05) is 6.42 Å². The number of nitrogens with one attached hydrogen (secondary N) is 3. The second kappa shape index (κ2) is 15.1. The minimum Gasteiger partial charge on any atom is -0.481 e. The van der Waals surface area contributed by atoms with Crippen LogP contribution in [0.2, 0.25) is 0 Å². The Kier molecular flexibility index (Phi) is 13.7. The molecule has 0 aliphatic carbocycles. The molecular weight excluding hydrogens is 430 g/mol. The molecule has 0 fully saturated rings. The van der Waals surface area contributed by atoms with Crippen LogP contribution in [0.25, 0.3) is 0 Å². The van der Waals surface area contributed by atoms with Crippen molar-refractivity contribution in [2.75, 3.05) is 13.2 Å². The number of carboxylic acids is 2. The van der Waals surface area contributed by atoms with Crippen LogP contribution in [-0.2, 0) is 24.0 Å². The normalized spacial score (nSPS) is 15.5. The van der Waals surface area contributed by atoms with Gasteiger partial charge in [-0.1, -0.05) is 6.42 Å². The zero-order chi connectivity index (χ0) is 24.8. The van der Waals surface area contributed by atoms with Crippen LogP contribution in [0.1, 0.15) is 39.0 Å². The quantitative estimate of drug-likeness (QED) is 0.100. The van der Waals surface area contributed by atoms with E-state index in [-0.39, 0.29) is 12.8 Å². The lowest BCUT2D eigenvalue weighted by atomic mass is 10.1. The van der Waals surface area contributed by atoms with Gasteiger partial charge in [-0.15, -0.1) is 0 Å².